The molecule has 1 rings (SSSR count). The Balaban J connectivity index is 2.59. The van der Waals surface area contributed by atoms with Crippen molar-refractivity contribution in [1.82, 2.24) is 9.80 Å². The molecule has 1 aliphatic heterocycles. The fourth-order valence-electron chi connectivity index (χ4n) is 2.72. The van der Waals surface area contributed by atoms with E-state index in [1.165, 1.54) is 19.6 Å². The van der Waals surface area contributed by atoms with Crippen LogP contribution in [0.15, 0.2) is 0 Å². The Morgan fingerprint density at radius 2 is 1.62 bits per heavy atom. The summed E-state index contributed by atoms with van der Waals surface area (Å²) in [5, 5.41) is 0. The Bertz CT molecular complexity index is 144. The van der Waals surface area contributed by atoms with Gasteiger partial charge in [0.05, 0.1) is 0 Å². The number of nitrogens with zero attached hydrogens (tertiary/aromatic N) is 2. The van der Waals surface area contributed by atoms with Crippen LogP contribution in [0.25, 0.3) is 0 Å². The quantitative estimate of drug-likeness (QED) is 0.646. The lowest BCUT2D eigenvalue weighted by Crippen LogP contribution is -2.58. The molecule has 0 radical (unpaired) electrons. The molecule has 1 heterocycles. The van der Waals surface area contributed by atoms with E-state index in [0.29, 0.717) is 18.1 Å². The van der Waals surface area contributed by atoms with Gasteiger partial charge in [-0.1, -0.05) is 6.92 Å². The van der Waals surface area contributed by atoms with Crippen LogP contribution in [-0.4, -0.2) is 47.6 Å². The van der Waals surface area contributed by atoms with E-state index in [1.54, 1.807) is 0 Å². The Hall–Kier alpha value is -0.0800. The van der Waals surface area contributed by atoms with Crippen molar-refractivity contribution < 1.29 is 0 Å². The standard InChI is InChI=1S/C11H24N2/c1-6-12-7-10(4)13(9(2)3)11(5)8-12/h9-11H,6-8H2,1-5H3/t10-,11+. The highest BCUT2D eigenvalue weighted by molar-refractivity contribution is 4.86. The maximum absolute atomic E-state index is 2.63. The lowest BCUT2D eigenvalue weighted by Gasteiger charge is -2.46. The molecule has 0 N–H and O–H groups in total. The number of likely N-dealkylation sites (N-methyl/N-ethyl adjacent to an activating group) is 1. The lowest BCUT2D eigenvalue weighted by atomic mass is 10.1. The van der Waals surface area contributed by atoms with Crippen LogP contribution in [0.4, 0.5) is 0 Å². The highest BCUT2D eigenvalue weighted by Gasteiger charge is 2.29. The molecule has 0 unspecified atom stereocenters. The third-order valence-electron chi connectivity index (χ3n) is 3.11. The van der Waals surface area contributed by atoms with E-state index in [4.69, 9.17) is 0 Å². The molecule has 2 heteroatoms. The monoisotopic (exact) mass is 184 g/mol. The summed E-state index contributed by atoms with van der Waals surface area (Å²) in [6, 6.07) is 2.11. The molecule has 13 heavy (non-hydrogen) atoms. The molecule has 78 valence electrons. The molecule has 0 amide bonds. The lowest BCUT2D eigenvalue weighted by molar-refractivity contribution is 0.0190. The predicted octanol–water partition coefficient (Wildman–Crippen LogP) is 1.81. The molecule has 2 atom stereocenters. The molecule has 0 saturated carbocycles. The molecule has 0 spiro atoms. The van der Waals surface area contributed by atoms with Gasteiger partial charge >= 0.3 is 0 Å². The molecule has 1 aliphatic rings. The molecule has 2 nitrogen and oxygen atoms in total. The van der Waals surface area contributed by atoms with Crippen molar-refractivity contribution in [2.24, 2.45) is 0 Å². The maximum atomic E-state index is 2.63. The minimum atomic E-state index is 0.684. The summed E-state index contributed by atoms with van der Waals surface area (Å²) in [5.74, 6) is 0. The summed E-state index contributed by atoms with van der Waals surface area (Å²) in [5.41, 5.74) is 0. The van der Waals surface area contributed by atoms with E-state index in [-0.39, 0.29) is 0 Å². The van der Waals surface area contributed by atoms with Crippen molar-refractivity contribution in [1.29, 1.82) is 0 Å². The van der Waals surface area contributed by atoms with Crippen molar-refractivity contribution in [2.75, 3.05) is 19.6 Å². The van der Waals surface area contributed by atoms with Crippen molar-refractivity contribution in [3.8, 4) is 0 Å². The molecular formula is C11H24N2. The van der Waals surface area contributed by atoms with Crippen molar-refractivity contribution >= 4 is 0 Å². The first-order chi connectivity index (χ1) is 6.06. The zero-order valence-corrected chi connectivity index (χ0v) is 9.75. The zero-order chi connectivity index (χ0) is 10.0. The van der Waals surface area contributed by atoms with Crippen molar-refractivity contribution in [3.05, 3.63) is 0 Å². The van der Waals surface area contributed by atoms with Gasteiger partial charge in [0.1, 0.15) is 0 Å². The topological polar surface area (TPSA) is 6.48 Å². The Kier molecular flexibility index (Phi) is 3.74. The highest BCUT2D eigenvalue weighted by atomic mass is 15.3. The number of hydrogen-bond acceptors (Lipinski definition) is 2. The summed E-state index contributed by atoms with van der Waals surface area (Å²) >= 11 is 0. The van der Waals surface area contributed by atoms with Crippen molar-refractivity contribution in [2.45, 2.75) is 52.7 Å². The van der Waals surface area contributed by atoms with Gasteiger partial charge in [-0.25, -0.2) is 0 Å². The van der Waals surface area contributed by atoms with Gasteiger partial charge in [0.15, 0.2) is 0 Å². The van der Waals surface area contributed by atoms with Gasteiger partial charge in [0.2, 0.25) is 0 Å². The smallest absolute Gasteiger partial charge is 0.0200 e. The first-order valence-electron chi connectivity index (χ1n) is 5.56. The molecule has 0 aromatic heterocycles. The molecule has 1 saturated heterocycles. The number of hydrogen-bond donors (Lipinski definition) is 0. The summed E-state index contributed by atoms with van der Waals surface area (Å²) in [7, 11) is 0. The molecule has 1 fully saturated rings. The van der Waals surface area contributed by atoms with Crippen LogP contribution in [0.3, 0.4) is 0 Å². The van der Waals surface area contributed by atoms with Gasteiger partial charge in [-0.3, -0.25) is 4.90 Å². The van der Waals surface area contributed by atoms with E-state index >= 15 is 0 Å². The molecular weight excluding hydrogens is 160 g/mol. The van der Waals surface area contributed by atoms with E-state index in [1.807, 2.05) is 0 Å². The Labute approximate surface area is 82.9 Å². The van der Waals surface area contributed by atoms with Crippen LogP contribution >= 0.6 is 0 Å². The number of rotatable bonds is 2. The fraction of sp³-hybridized carbons (Fsp3) is 1.00. The third-order valence-corrected chi connectivity index (χ3v) is 3.11. The first kappa shape index (κ1) is 11.0. The first-order valence-corrected chi connectivity index (χ1v) is 5.56. The minimum Gasteiger partial charge on any atom is -0.301 e. The normalized spacial score (nSPS) is 32.8. The summed E-state index contributed by atoms with van der Waals surface area (Å²) < 4.78 is 0. The minimum absolute atomic E-state index is 0.684. The van der Waals surface area contributed by atoms with Gasteiger partial charge in [0.25, 0.3) is 0 Å². The third kappa shape index (κ3) is 2.44. The van der Waals surface area contributed by atoms with Crippen LogP contribution < -0.4 is 0 Å². The van der Waals surface area contributed by atoms with E-state index in [9.17, 15) is 0 Å². The largest absolute Gasteiger partial charge is 0.301 e. The molecule has 0 bridgehead atoms. The predicted molar refractivity (Wildman–Crippen MR) is 58.0 cm³/mol. The second-order valence-electron chi connectivity index (χ2n) is 4.59. The summed E-state index contributed by atoms with van der Waals surface area (Å²) in [4.78, 5) is 5.18. The maximum Gasteiger partial charge on any atom is 0.0200 e. The Morgan fingerprint density at radius 3 is 1.92 bits per heavy atom. The summed E-state index contributed by atoms with van der Waals surface area (Å²) in [6.07, 6.45) is 0. The second kappa shape index (κ2) is 4.43. The SMILES string of the molecule is CCN1C[C@@H](C)N(C(C)C)[C@@H](C)C1. The van der Waals surface area contributed by atoms with Crippen LogP contribution in [0.1, 0.15) is 34.6 Å². The average Bonchev–Trinajstić information content (AvgIpc) is 2.02. The van der Waals surface area contributed by atoms with Gasteiger partial charge in [-0.15, -0.1) is 0 Å². The van der Waals surface area contributed by atoms with Crippen LogP contribution in [0.2, 0.25) is 0 Å². The fourth-order valence-corrected chi connectivity index (χ4v) is 2.72. The van der Waals surface area contributed by atoms with Gasteiger partial charge < -0.3 is 4.90 Å². The Morgan fingerprint density at radius 1 is 1.15 bits per heavy atom. The van der Waals surface area contributed by atoms with E-state index < -0.39 is 0 Å². The van der Waals surface area contributed by atoms with Crippen LogP contribution in [0, 0.1) is 0 Å². The zero-order valence-electron chi connectivity index (χ0n) is 9.75. The van der Waals surface area contributed by atoms with Crippen molar-refractivity contribution in [3.63, 3.8) is 0 Å². The van der Waals surface area contributed by atoms with Gasteiger partial charge in [-0.2, -0.15) is 0 Å². The molecule has 0 aromatic rings. The van der Waals surface area contributed by atoms with E-state index in [2.05, 4.69) is 44.4 Å². The van der Waals surface area contributed by atoms with Gasteiger partial charge in [-0.05, 0) is 34.2 Å². The highest BCUT2D eigenvalue weighted by Crippen LogP contribution is 2.17. The molecule has 0 aromatic carbocycles. The van der Waals surface area contributed by atoms with E-state index in [0.717, 1.165) is 0 Å². The van der Waals surface area contributed by atoms with Gasteiger partial charge in [0, 0.05) is 31.2 Å². The summed E-state index contributed by atoms with van der Waals surface area (Å²) in [6.45, 7) is 15.2. The average molecular weight is 184 g/mol. The van der Waals surface area contributed by atoms with Crippen LogP contribution in [-0.2, 0) is 0 Å². The molecule has 0 aliphatic carbocycles. The van der Waals surface area contributed by atoms with Crippen LogP contribution in [0.5, 0.6) is 0 Å². The second-order valence-corrected chi connectivity index (χ2v) is 4.59. The number of piperazine rings is 1.